The van der Waals surface area contributed by atoms with E-state index in [0.29, 0.717) is 0 Å². The smallest absolute Gasteiger partial charge is 0.170 e. The van der Waals surface area contributed by atoms with Crippen molar-refractivity contribution in [3.05, 3.63) is 203 Å². The van der Waals surface area contributed by atoms with Crippen LogP contribution in [0.5, 0.6) is 11.5 Å². The highest BCUT2D eigenvalue weighted by Crippen LogP contribution is 2.65. The normalized spacial score (nSPS) is 19.2. The summed E-state index contributed by atoms with van der Waals surface area (Å²) in [5.41, 5.74) is 13.8. The Morgan fingerprint density at radius 1 is 0.465 bits per heavy atom. The predicted molar refractivity (Wildman–Crippen MR) is 302 cm³/mol. The molecule has 3 unspecified atom stereocenters. The third kappa shape index (κ3) is 5.73. The fourth-order valence-corrected chi connectivity index (χ4v) is 19.7. The predicted octanol–water partition coefficient (Wildman–Crippen LogP) is 13.9. The highest BCUT2D eigenvalue weighted by atomic mass is 28.3. The van der Waals surface area contributed by atoms with Gasteiger partial charge in [0.15, 0.2) is 19.6 Å². The van der Waals surface area contributed by atoms with Gasteiger partial charge in [-0.25, -0.2) is 0 Å². The Morgan fingerprint density at radius 2 is 1.04 bits per heavy atom. The van der Waals surface area contributed by atoms with Crippen molar-refractivity contribution in [2.24, 2.45) is 0 Å². The highest BCUT2D eigenvalue weighted by Gasteiger charge is 2.67. The van der Waals surface area contributed by atoms with Crippen LogP contribution >= 0.6 is 0 Å². The van der Waals surface area contributed by atoms with E-state index in [1.807, 2.05) is 0 Å². The number of nitrogens with zero attached hydrogens (tertiary/aromatic N) is 3. The van der Waals surface area contributed by atoms with E-state index < -0.39 is 8.07 Å². The van der Waals surface area contributed by atoms with Gasteiger partial charge >= 0.3 is 0 Å². The molecule has 0 aromatic heterocycles. The van der Waals surface area contributed by atoms with Crippen LogP contribution in [-0.2, 0) is 16.2 Å². The molecule has 5 aliphatic rings. The van der Waals surface area contributed by atoms with Crippen LogP contribution < -0.4 is 45.4 Å². The molecule has 71 heavy (non-hydrogen) atoms. The van der Waals surface area contributed by atoms with Gasteiger partial charge in [0, 0.05) is 54.9 Å². The molecule has 0 N–H and O–H groups in total. The van der Waals surface area contributed by atoms with Gasteiger partial charge in [0.25, 0.3) is 0 Å². The van der Waals surface area contributed by atoms with Gasteiger partial charge in [0.1, 0.15) is 0 Å². The first-order chi connectivity index (χ1) is 34.1. The summed E-state index contributed by atoms with van der Waals surface area (Å²) in [5.74, 6) is 1.85. The first-order valence-electron chi connectivity index (χ1n) is 25.6. The second-order valence-electron chi connectivity index (χ2n) is 23.7. The molecule has 0 fully saturated rings. The number of hydrogen-bond acceptors (Lipinski definition) is 4. The number of fused-ring (bicyclic) bond motifs is 9. The Balaban J connectivity index is 1.25. The van der Waals surface area contributed by atoms with Crippen molar-refractivity contribution in [2.75, 3.05) is 14.7 Å². The third-order valence-corrected chi connectivity index (χ3v) is 21.9. The van der Waals surface area contributed by atoms with Crippen LogP contribution in [0.2, 0.25) is 5.54 Å². The largest absolute Gasteiger partial charge is 0.452 e. The SMILES string of the molecule is CC(C)(C)c1ccc(N2c3c4c(cc5ccccc35)N(c3ccc(C(C)(C)C)cc3)C3C=c5ccccc5=C5C3[Si]4(c3ccccc3)c3c4c(c6ccccc6c32)Oc2cc(C(C)(C)C)ccc2N54)cc1. The lowest BCUT2D eigenvalue weighted by Crippen LogP contribution is -2.81. The van der Waals surface area contributed by atoms with E-state index in [1.165, 1.54) is 93.0 Å². The van der Waals surface area contributed by atoms with Crippen molar-refractivity contribution in [2.45, 2.75) is 90.1 Å². The first kappa shape index (κ1) is 42.5. The fraction of sp³-hybridized carbons (Fsp3) is 0.212. The van der Waals surface area contributed by atoms with Crippen LogP contribution in [0.25, 0.3) is 33.3 Å². The average Bonchev–Trinajstić information content (AvgIpc) is 3.37. The van der Waals surface area contributed by atoms with Crippen LogP contribution in [0.4, 0.5) is 39.8 Å². The Hall–Kier alpha value is -7.34. The summed E-state index contributed by atoms with van der Waals surface area (Å²) in [6.07, 6.45) is 2.64. The molecule has 3 atom stereocenters. The van der Waals surface area contributed by atoms with Crippen molar-refractivity contribution >= 4 is 96.8 Å². The third-order valence-electron chi connectivity index (χ3n) is 16.6. The second-order valence-corrected chi connectivity index (χ2v) is 27.6. The zero-order chi connectivity index (χ0) is 48.5. The van der Waals surface area contributed by atoms with Crippen molar-refractivity contribution in [1.29, 1.82) is 0 Å². The number of rotatable bonds is 3. The lowest BCUT2D eigenvalue weighted by Gasteiger charge is -2.62. The lowest BCUT2D eigenvalue weighted by atomic mass is 9.86. The molecule has 0 bridgehead atoms. The average molecular weight is 938 g/mol. The topological polar surface area (TPSA) is 19.0 Å². The van der Waals surface area contributed by atoms with E-state index in [9.17, 15) is 0 Å². The number of anilines is 7. The van der Waals surface area contributed by atoms with Crippen molar-refractivity contribution in [3.63, 3.8) is 0 Å². The zero-order valence-electron chi connectivity index (χ0n) is 42.2. The monoisotopic (exact) mass is 937 g/mol. The number of ether oxygens (including phenoxy) is 1. The minimum atomic E-state index is -3.31. The minimum absolute atomic E-state index is 0.00489. The molecule has 14 rings (SSSR count). The van der Waals surface area contributed by atoms with Gasteiger partial charge in [-0.15, -0.1) is 0 Å². The molecule has 9 aromatic carbocycles. The lowest BCUT2D eigenvalue weighted by molar-refractivity contribution is 0.478. The number of benzene rings is 9. The van der Waals surface area contributed by atoms with E-state index in [-0.39, 0.29) is 27.8 Å². The van der Waals surface area contributed by atoms with E-state index in [0.717, 1.165) is 28.3 Å². The molecule has 0 saturated heterocycles. The summed E-state index contributed by atoms with van der Waals surface area (Å²) in [7, 11) is -3.31. The summed E-state index contributed by atoms with van der Waals surface area (Å²) >= 11 is 0. The summed E-state index contributed by atoms with van der Waals surface area (Å²) in [6.45, 7) is 20.8. The summed E-state index contributed by atoms with van der Waals surface area (Å²) < 4.78 is 7.65. The van der Waals surface area contributed by atoms with Crippen molar-refractivity contribution in [3.8, 4) is 11.5 Å². The molecule has 0 spiro atoms. The molecule has 4 heterocycles. The molecule has 4 aliphatic heterocycles. The molecular weight excluding hydrogens is 879 g/mol. The molecule has 4 nitrogen and oxygen atoms in total. The first-order valence-corrected chi connectivity index (χ1v) is 27.7. The molecule has 5 heteroatoms. The van der Waals surface area contributed by atoms with Crippen LogP contribution in [0, 0.1) is 0 Å². The maximum Gasteiger partial charge on any atom is 0.170 e. The van der Waals surface area contributed by atoms with Gasteiger partial charge in [0.2, 0.25) is 0 Å². The van der Waals surface area contributed by atoms with Crippen molar-refractivity contribution in [1.82, 2.24) is 0 Å². The van der Waals surface area contributed by atoms with Gasteiger partial charge in [-0.2, -0.15) is 0 Å². The molecular formula is C66H59N3OSi. The molecule has 0 amide bonds. The Morgan fingerprint density at radius 3 is 1.73 bits per heavy atom. The molecule has 348 valence electrons. The minimum Gasteiger partial charge on any atom is -0.452 e. The summed E-state index contributed by atoms with van der Waals surface area (Å²) in [5, 5.41) is 11.7. The second kappa shape index (κ2) is 14.4. The van der Waals surface area contributed by atoms with Crippen LogP contribution in [-0.4, -0.2) is 14.1 Å². The van der Waals surface area contributed by atoms with Gasteiger partial charge in [-0.1, -0.05) is 202 Å². The molecule has 9 aromatic rings. The van der Waals surface area contributed by atoms with Gasteiger partial charge < -0.3 is 19.4 Å². The van der Waals surface area contributed by atoms with Crippen molar-refractivity contribution < 1.29 is 4.74 Å². The standard InChI is InChI=1S/C66H59N3OSi/c1-64(2,3)42-27-32-45(33-28-42)67-53-37-40-19-13-15-23-48(40)56-61(53)71(47-21-11-10-12-22-47)62-54(67)38-41-20-14-16-24-49(41)57(62)69-52-36-31-44(66(7,8)9)39-55(52)70-60-51-26-18-17-25-50(51)58(63(71)59(60)69)68(56)46-34-29-43(30-35-46)65(4,5)6/h10-39,54,62H,1-9H3. The van der Waals surface area contributed by atoms with E-state index in [2.05, 4.69) is 259 Å². The Bertz CT molecular complexity index is 3880. The molecule has 1 aliphatic carbocycles. The van der Waals surface area contributed by atoms with Crippen LogP contribution in [0.1, 0.15) is 79.0 Å². The van der Waals surface area contributed by atoms with Gasteiger partial charge in [-0.05, 0) is 96.4 Å². The van der Waals surface area contributed by atoms with E-state index in [1.54, 1.807) is 0 Å². The molecule has 0 radical (unpaired) electrons. The van der Waals surface area contributed by atoms with Gasteiger partial charge in [0.05, 0.1) is 28.8 Å². The number of hydrogen-bond donors (Lipinski definition) is 0. The van der Waals surface area contributed by atoms with Crippen LogP contribution in [0.15, 0.2) is 176 Å². The highest BCUT2D eigenvalue weighted by molar-refractivity contribution is 7.17. The van der Waals surface area contributed by atoms with E-state index in [4.69, 9.17) is 4.74 Å². The zero-order valence-corrected chi connectivity index (χ0v) is 43.2. The maximum absolute atomic E-state index is 7.65. The fourth-order valence-electron chi connectivity index (χ4n) is 13.3. The van der Waals surface area contributed by atoms with Crippen LogP contribution in [0.3, 0.4) is 0 Å². The quantitative estimate of drug-likeness (QED) is 0.164. The summed E-state index contributed by atoms with van der Waals surface area (Å²) in [6, 6.07) is 68.0. The maximum atomic E-state index is 7.65. The summed E-state index contributed by atoms with van der Waals surface area (Å²) in [4.78, 5) is 8.17. The van der Waals surface area contributed by atoms with Gasteiger partial charge in [-0.3, -0.25) is 0 Å². The Kier molecular flexibility index (Phi) is 8.62. The van der Waals surface area contributed by atoms with E-state index >= 15 is 0 Å². The molecule has 0 saturated carbocycles. The Labute approximate surface area is 418 Å².